The van der Waals surface area contributed by atoms with Crippen LogP contribution in [0.5, 0.6) is 11.5 Å². The van der Waals surface area contributed by atoms with Gasteiger partial charge in [-0.05, 0) is 29.8 Å². The number of anilines is 1. The Kier molecular flexibility index (Phi) is 6.20. The molecule has 3 aromatic carbocycles. The summed E-state index contributed by atoms with van der Waals surface area (Å²) in [7, 11) is 0. The second-order valence-electron chi connectivity index (χ2n) is 5.90. The second-order valence-corrected chi connectivity index (χ2v) is 5.90. The van der Waals surface area contributed by atoms with Crippen LogP contribution in [0.1, 0.15) is 5.56 Å². The maximum absolute atomic E-state index is 12.2. The lowest BCUT2D eigenvalue weighted by Gasteiger charge is -2.12. The molecule has 136 valence electrons. The topological polar surface area (TPSA) is 67.4 Å². The standard InChI is InChI=1S/C22H20N2O3/c25-21(15-17-9-3-1-4-10-17)23-16-22(26)24-19-13-7-8-14-20(19)27-18-11-5-2-6-12-18/h1-14H,15-16H2,(H,23,25)(H,24,26). The van der Waals surface area contributed by atoms with E-state index in [0.717, 1.165) is 5.56 Å². The SMILES string of the molecule is O=C(Cc1ccccc1)NCC(=O)Nc1ccccc1Oc1ccccc1. The highest BCUT2D eigenvalue weighted by molar-refractivity contribution is 5.95. The number of amides is 2. The molecule has 0 aromatic heterocycles. The van der Waals surface area contributed by atoms with Crippen LogP contribution in [0, 0.1) is 0 Å². The zero-order chi connectivity index (χ0) is 18.9. The van der Waals surface area contributed by atoms with Crippen LogP contribution in [0.4, 0.5) is 5.69 Å². The van der Waals surface area contributed by atoms with Gasteiger partial charge in [-0.15, -0.1) is 0 Å². The highest BCUT2D eigenvalue weighted by atomic mass is 16.5. The zero-order valence-corrected chi connectivity index (χ0v) is 14.7. The summed E-state index contributed by atoms with van der Waals surface area (Å²) < 4.78 is 5.81. The molecular weight excluding hydrogens is 340 g/mol. The van der Waals surface area contributed by atoms with Crippen molar-refractivity contribution in [3.63, 3.8) is 0 Å². The minimum atomic E-state index is -0.319. The smallest absolute Gasteiger partial charge is 0.243 e. The molecule has 0 spiro atoms. The third-order valence-corrected chi connectivity index (χ3v) is 3.79. The number of benzene rings is 3. The number of rotatable bonds is 7. The zero-order valence-electron chi connectivity index (χ0n) is 14.7. The van der Waals surface area contributed by atoms with Crippen LogP contribution < -0.4 is 15.4 Å². The van der Waals surface area contributed by atoms with Gasteiger partial charge in [0.15, 0.2) is 5.75 Å². The van der Waals surface area contributed by atoms with Crippen LogP contribution in [0.2, 0.25) is 0 Å². The van der Waals surface area contributed by atoms with Gasteiger partial charge in [-0.2, -0.15) is 0 Å². The Bertz CT molecular complexity index is 896. The third kappa shape index (κ3) is 5.71. The Morgan fingerprint density at radius 1 is 0.741 bits per heavy atom. The number of hydrogen-bond donors (Lipinski definition) is 2. The first kappa shape index (κ1) is 18.2. The molecule has 3 aromatic rings. The van der Waals surface area contributed by atoms with Crippen molar-refractivity contribution in [1.29, 1.82) is 0 Å². The van der Waals surface area contributed by atoms with E-state index in [1.165, 1.54) is 0 Å². The van der Waals surface area contributed by atoms with Crippen LogP contribution in [0.3, 0.4) is 0 Å². The summed E-state index contributed by atoms with van der Waals surface area (Å²) in [5, 5.41) is 5.40. The molecule has 0 saturated heterocycles. The summed E-state index contributed by atoms with van der Waals surface area (Å²) in [5.41, 5.74) is 1.45. The van der Waals surface area contributed by atoms with Gasteiger partial charge in [0.05, 0.1) is 18.7 Å². The van der Waals surface area contributed by atoms with E-state index >= 15 is 0 Å². The average Bonchev–Trinajstić information content (AvgIpc) is 2.69. The van der Waals surface area contributed by atoms with Gasteiger partial charge in [0.2, 0.25) is 11.8 Å². The molecule has 2 N–H and O–H groups in total. The van der Waals surface area contributed by atoms with Gasteiger partial charge in [-0.1, -0.05) is 60.7 Å². The van der Waals surface area contributed by atoms with Gasteiger partial charge in [0.25, 0.3) is 0 Å². The normalized spacial score (nSPS) is 10.1. The van der Waals surface area contributed by atoms with Gasteiger partial charge < -0.3 is 15.4 Å². The van der Waals surface area contributed by atoms with Crippen LogP contribution >= 0.6 is 0 Å². The molecular formula is C22H20N2O3. The number of hydrogen-bond acceptors (Lipinski definition) is 3. The van der Waals surface area contributed by atoms with Crippen molar-refractivity contribution >= 4 is 17.5 Å². The molecule has 0 aliphatic heterocycles. The van der Waals surface area contributed by atoms with Crippen LogP contribution in [0.15, 0.2) is 84.9 Å². The van der Waals surface area contributed by atoms with E-state index in [-0.39, 0.29) is 24.8 Å². The Morgan fingerprint density at radius 3 is 2.11 bits per heavy atom. The summed E-state index contributed by atoms with van der Waals surface area (Å²) in [4.78, 5) is 24.2. The Balaban J connectivity index is 1.54. The van der Waals surface area contributed by atoms with Crippen molar-refractivity contribution in [3.8, 4) is 11.5 Å². The quantitative estimate of drug-likeness (QED) is 0.674. The molecule has 0 aliphatic carbocycles. The fourth-order valence-corrected chi connectivity index (χ4v) is 2.49. The van der Waals surface area contributed by atoms with Gasteiger partial charge in [0.1, 0.15) is 5.75 Å². The van der Waals surface area contributed by atoms with E-state index in [2.05, 4.69) is 10.6 Å². The number of para-hydroxylation sites is 3. The van der Waals surface area contributed by atoms with E-state index in [4.69, 9.17) is 4.74 Å². The average molecular weight is 360 g/mol. The molecule has 0 heterocycles. The highest BCUT2D eigenvalue weighted by Gasteiger charge is 2.10. The molecule has 0 saturated carbocycles. The molecule has 2 amide bonds. The molecule has 5 heteroatoms. The lowest BCUT2D eigenvalue weighted by Crippen LogP contribution is -2.33. The molecule has 5 nitrogen and oxygen atoms in total. The van der Waals surface area contributed by atoms with Crippen molar-refractivity contribution in [1.82, 2.24) is 5.32 Å². The maximum Gasteiger partial charge on any atom is 0.243 e. The predicted molar refractivity (Wildman–Crippen MR) is 105 cm³/mol. The number of ether oxygens (including phenoxy) is 1. The lowest BCUT2D eigenvalue weighted by atomic mass is 10.1. The summed E-state index contributed by atoms with van der Waals surface area (Å²) in [6.45, 7) is -0.106. The minimum Gasteiger partial charge on any atom is -0.455 e. The number of nitrogens with one attached hydrogen (secondary N) is 2. The molecule has 0 atom stereocenters. The number of carbonyl (C=O) groups excluding carboxylic acids is 2. The third-order valence-electron chi connectivity index (χ3n) is 3.79. The van der Waals surface area contributed by atoms with Gasteiger partial charge >= 0.3 is 0 Å². The summed E-state index contributed by atoms with van der Waals surface area (Å²) in [5.74, 6) is 0.689. The first-order valence-corrected chi connectivity index (χ1v) is 8.63. The summed E-state index contributed by atoms with van der Waals surface area (Å²) in [6, 6.07) is 25.9. The van der Waals surface area contributed by atoms with Crippen molar-refractivity contribution < 1.29 is 14.3 Å². The number of carbonyl (C=O) groups is 2. The van der Waals surface area contributed by atoms with Gasteiger partial charge in [0, 0.05) is 0 Å². The van der Waals surface area contributed by atoms with E-state index in [0.29, 0.717) is 17.2 Å². The van der Waals surface area contributed by atoms with Gasteiger partial charge in [-0.3, -0.25) is 9.59 Å². The molecule has 0 fully saturated rings. The van der Waals surface area contributed by atoms with Crippen LogP contribution in [-0.4, -0.2) is 18.4 Å². The predicted octanol–water partition coefficient (Wildman–Crippen LogP) is 3.78. The van der Waals surface area contributed by atoms with Crippen molar-refractivity contribution in [2.45, 2.75) is 6.42 Å². The highest BCUT2D eigenvalue weighted by Crippen LogP contribution is 2.28. The van der Waals surface area contributed by atoms with Crippen LogP contribution in [-0.2, 0) is 16.0 Å². The van der Waals surface area contributed by atoms with E-state index in [9.17, 15) is 9.59 Å². The molecule has 0 aliphatic rings. The van der Waals surface area contributed by atoms with Crippen molar-refractivity contribution in [3.05, 3.63) is 90.5 Å². The Morgan fingerprint density at radius 2 is 1.37 bits per heavy atom. The van der Waals surface area contributed by atoms with Crippen LogP contribution in [0.25, 0.3) is 0 Å². The van der Waals surface area contributed by atoms with Crippen molar-refractivity contribution in [2.75, 3.05) is 11.9 Å². The fourth-order valence-electron chi connectivity index (χ4n) is 2.49. The molecule has 0 radical (unpaired) electrons. The molecule has 27 heavy (non-hydrogen) atoms. The monoisotopic (exact) mass is 360 g/mol. The lowest BCUT2D eigenvalue weighted by molar-refractivity contribution is -0.123. The summed E-state index contributed by atoms with van der Waals surface area (Å²) in [6.07, 6.45) is 0.238. The Hall–Kier alpha value is -3.60. The van der Waals surface area contributed by atoms with E-state index in [1.807, 2.05) is 66.7 Å². The Labute approximate surface area is 158 Å². The fraction of sp³-hybridized carbons (Fsp3) is 0.0909. The molecule has 3 rings (SSSR count). The van der Waals surface area contributed by atoms with Gasteiger partial charge in [-0.25, -0.2) is 0 Å². The van der Waals surface area contributed by atoms with E-state index in [1.54, 1.807) is 18.2 Å². The second kappa shape index (κ2) is 9.20. The first-order chi connectivity index (χ1) is 13.2. The largest absolute Gasteiger partial charge is 0.455 e. The molecule has 0 unspecified atom stereocenters. The first-order valence-electron chi connectivity index (χ1n) is 8.63. The van der Waals surface area contributed by atoms with Crippen molar-refractivity contribution in [2.24, 2.45) is 0 Å². The maximum atomic E-state index is 12.2. The minimum absolute atomic E-state index is 0.106. The van der Waals surface area contributed by atoms with E-state index < -0.39 is 0 Å². The summed E-state index contributed by atoms with van der Waals surface area (Å²) >= 11 is 0. The molecule has 0 bridgehead atoms.